The molecule has 0 aliphatic heterocycles. The van der Waals surface area contributed by atoms with Gasteiger partial charge in [0.15, 0.2) is 6.10 Å². The molecule has 0 bridgehead atoms. The number of rotatable bonds is 5. The summed E-state index contributed by atoms with van der Waals surface area (Å²) in [4.78, 5) is 13.7. The van der Waals surface area contributed by atoms with Gasteiger partial charge in [-0.1, -0.05) is 11.6 Å². The lowest BCUT2D eigenvalue weighted by Crippen LogP contribution is -2.40. The molecule has 1 unspecified atom stereocenters. The number of amides is 1. The fourth-order valence-electron chi connectivity index (χ4n) is 1.56. The van der Waals surface area contributed by atoms with Crippen molar-refractivity contribution in [1.29, 1.82) is 0 Å². The number of nitrogens with zero attached hydrogens (tertiary/aromatic N) is 1. The average molecular weight is 256 g/mol. The molecule has 1 aromatic carbocycles. The van der Waals surface area contributed by atoms with Crippen LogP contribution in [0.5, 0.6) is 5.75 Å². The number of hydrogen-bond acceptors (Lipinski definition) is 2. The summed E-state index contributed by atoms with van der Waals surface area (Å²) in [6.07, 6.45) is -0.476. The highest BCUT2D eigenvalue weighted by atomic mass is 35.5. The first kappa shape index (κ1) is 13.8. The summed E-state index contributed by atoms with van der Waals surface area (Å²) < 4.78 is 5.57. The second kappa shape index (κ2) is 6.50. The van der Waals surface area contributed by atoms with Gasteiger partial charge in [-0.05, 0) is 45.0 Å². The summed E-state index contributed by atoms with van der Waals surface area (Å²) >= 11 is 5.78. The SMILES string of the molecule is CCN(CC)C(=O)C(C)Oc1ccc(Cl)cc1. The molecule has 0 aliphatic rings. The molecule has 1 rings (SSSR count). The summed E-state index contributed by atoms with van der Waals surface area (Å²) in [5.74, 6) is 0.660. The second-order valence-corrected chi connectivity index (χ2v) is 4.16. The summed E-state index contributed by atoms with van der Waals surface area (Å²) in [6, 6.07) is 7.00. The summed E-state index contributed by atoms with van der Waals surface area (Å²) in [7, 11) is 0. The maximum absolute atomic E-state index is 12.0. The van der Waals surface area contributed by atoms with Crippen molar-refractivity contribution in [1.82, 2.24) is 4.90 Å². The fraction of sp³-hybridized carbons (Fsp3) is 0.462. The van der Waals surface area contributed by atoms with Gasteiger partial charge < -0.3 is 9.64 Å². The van der Waals surface area contributed by atoms with Gasteiger partial charge in [0.2, 0.25) is 0 Å². The zero-order chi connectivity index (χ0) is 12.8. The molecule has 3 nitrogen and oxygen atoms in total. The quantitative estimate of drug-likeness (QED) is 0.810. The lowest BCUT2D eigenvalue weighted by atomic mass is 10.3. The van der Waals surface area contributed by atoms with Gasteiger partial charge >= 0.3 is 0 Å². The lowest BCUT2D eigenvalue weighted by molar-refractivity contribution is -0.137. The van der Waals surface area contributed by atoms with Gasteiger partial charge in [0.25, 0.3) is 5.91 Å². The molecule has 0 fully saturated rings. The zero-order valence-corrected chi connectivity index (χ0v) is 11.2. The number of halogens is 1. The van der Waals surface area contributed by atoms with Gasteiger partial charge in [0, 0.05) is 18.1 Å². The molecule has 0 heterocycles. The van der Waals surface area contributed by atoms with Crippen molar-refractivity contribution in [3.63, 3.8) is 0 Å². The fourth-order valence-corrected chi connectivity index (χ4v) is 1.69. The third-order valence-corrected chi connectivity index (χ3v) is 2.80. The Kier molecular flexibility index (Phi) is 5.29. The highest BCUT2D eigenvalue weighted by molar-refractivity contribution is 6.30. The summed E-state index contributed by atoms with van der Waals surface area (Å²) in [5, 5.41) is 0.653. The van der Waals surface area contributed by atoms with Crippen LogP contribution in [-0.4, -0.2) is 30.0 Å². The number of benzene rings is 1. The minimum Gasteiger partial charge on any atom is -0.481 e. The molecular formula is C13H18ClNO2. The Morgan fingerprint density at radius 2 is 1.82 bits per heavy atom. The maximum atomic E-state index is 12.0. The molecule has 1 amide bonds. The van der Waals surface area contributed by atoms with Crippen LogP contribution < -0.4 is 4.74 Å². The van der Waals surface area contributed by atoms with Gasteiger partial charge in [-0.3, -0.25) is 4.79 Å². The Labute approximate surface area is 107 Å². The monoisotopic (exact) mass is 255 g/mol. The third-order valence-electron chi connectivity index (χ3n) is 2.55. The van der Waals surface area contributed by atoms with Crippen LogP contribution in [0.3, 0.4) is 0 Å². The Hall–Kier alpha value is -1.22. The zero-order valence-electron chi connectivity index (χ0n) is 10.4. The molecule has 0 saturated heterocycles. The minimum atomic E-state index is -0.476. The topological polar surface area (TPSA) is 29.5 Å². The maximum Gasteiger partial charge on any atom is 0.263 e. The van der Waals surface area contributed by atoms with Crippen LogP contribution in [0.25, 0.3) is 0 Å². The highest BCUT2D eigenvalue weighted by Gasteiger charge is 2.19. The van der Waals surface area contributed by atoms with E-state index in [9.17, 15) is 4.79 Å². The van der Waals surface area contributed by atoms with E-state index in [1.165, 1.54) is 0 Å². The van der Waals surface area contributed by atoms with Crippen LogP contribution >= 0.6 is 11.6 Å². The minimum absolute atomic E-state index is 0.00458. The first-order valence-corrected chi connectivity index (χ1v) is 6.17. The van der Waals surface area contributed by atoms with Crippen LogP contribution in [-0.2, 0) is 4.79 Å². The van der Waals surface area contributed by atoms with E-state index in [1.807, 2.05) is 13.8 Å². The van der Waals surface area contributed by atoms with Gasteiger partial charge in [0.05, 0.1) is 0 Å². The van der Waals surface area contributed by atoms with Gasteiger partial charge in [-0.25, -0.2) is 0 Å². The average Bonchev–Trinajstić information content (AvgIpc) is 2.33. The summed E-state index contributed by atoms with van der Waals surface area (Å²) in [5.41, 5.74) is 0. The van der Waals surface area contributed by atoms with Crippen molar-refractivity contribution in [3.8, 4) is 5.75 Å². The van der Waals surface area contributed by atoms with E-state index < -0.39 is 6.10 Å². The van der Waals surface area contributed by atoms with Gasteiger partial charge in [-0.15, -0.1) is 0 Å². The predicted octanol–water partition coefficient (Wildman–Crippen LogP) is 2.98. The molecule has 94 valence electrons. The molecule has 4 heteroatoms. The van der Waals surface area contributed by atoms with E-state index in [0.717, 1.165) is 0 Å². The number of ether oxygens (including phenoxy) is 1. The van der Waals surface area contributed by atoms with Crippen LogP contribution in [0.2, 0.25) is 5.02 Å². The second-order valence-electron chi connectivity index (χ2n) is 3.72. The first-order chi connectivity index (χ1) is 8.08. The molecule has 0 radical (unpaired) electrons. The largest absolute Gasteiger partial charge is 0.481 e. The standard InChI is InChI=1S/C13H18ClNO2/c1-4-15(5-2)13(16)10(3)17-12-8-6-11(14)7-9-12/h6-10H,4-5H2,1-3H3. The predicted molar refractivity (Wildman–Crippen MR) is 69.5 cm³/mol. The number of carbonyl (C=O) groups is 1. The van der Waals surface area contributed by atoms with Crippen molar-refractivity contribution in [3.05, 3.63) is 29.3 Å². The van der Waals surface area contributed by atoms with E-state index >= 15 is 0 Å². The molecular weight excluding hydrogens is 238 g/mol. The molecule has 0 aromatic heterocycles. The van der Waals surface area contributed by atoms with Crippen molar-refractivity contribution in [2.75, 3.05) is 13.1 Å². The van der Waals surface area contributed by atoms with E-state index in [4.69, 9.17) is 16.3 Å². The Balaban J connectivity index is 2.62. The molecule has 0 saturated carbocycles. The van der Waals surface area contributed by atoms with E-state index in [0.29, 0.717) is 23.9 Å². The number of hydrogen-bond donors (Lipinski definition) is 0. The third kappa shape index (κ3) is 3.93. The van der Waals surface area contributed by atoms with Crippen LogP contribution in [0.1, 0.15) is 20.8 Å². The van der Waals surface area contributed by atoms with E-state index in [1.54, 1.807) is 36.1 Å². The molecule has 1 atom stereocenters. The smallest absolute Gasteiger partial charge is 0.263 e. The molecule has 17 heavy (non-hydrogen) atoms. The first-order valence-electron chi connectivity index (χ1n) is 5.79. The van der Waals surface area contributed by atoms with Gasteiger partial charge in [0.1, 0.15) is 5.75 Å². The number of carbonyl (C=O) groups excluding carboxylic acids is 1. The van der Waals surface area contributed by atoms with Crippen LogP contribution in [0, 0.1) is 0 Å². The summed E-state index contributed by atoms with van der Waals surface area (Å²) in [6.45, 7) is 7.06. The van der Waals surface area contributed by atoms with Crippen LogP contribution in [0.4, 0.5) is 0 Å². The van der Waals surface area contributed by atoms with E-state index in [2.05, 4.69) is 0 Å². The molecule has 0 spiro atoms. The number of likely N-dealkylation sites (N-methyl/N-ethyl adjacent to an activating group) is 1. The van der Waals surface area contributed by atoms with Crippen molar-refractivity contribution in [2.45, 2.75) is 26.9 Å². The Morgan fingerprint density at radius 3 is 2.29 bits per heavy atom. The molecule has 0 N–H and O–H groups in total. The molecule has 0 aliphatic carbocycles. The van der Waals surface area contributed by atoms with Crippen molar-refractivity contribution >= 4 is 17.5 Å². The normalized spacial score (nSPS) is 12.0. The van der Waals surface area contributed by atoms with Crippen molar-refractivity contribution < 1.29 is 9.53 Å². The Bertz CT molecular complexity index is 360. The van der Waals surface area contributed by atoms with Crippen LogP contribution in [0.15, 0.2) is 24.3 Å². The lowest BCUT2D eigenvalue weighted by Gasteiger charge is -2.23. The highest BCUT2D eigenvalue weighted by Crippen LogP contribution is 2.17. The van der Waals surface area contributed by atoms with Gasteiger partial charge in [-0.2, -0.15) is 0 Å². The molecule has 1 aromatic rings. The Morgan fingerprint density at radius 1 is 1.29 bits per heavy atom. The van der Waals surface area contributed by atoms with Crippen molar-refractivity contribution in [2.24, 2.45) is 0 Å². The van der Waals surface area contributed by atoms with E-state index in [-0.39, 0.29) is 5.91 Å².